The molecule has 2 heterocycles. The number of carbonyl (C=O) groups is 2. The Morgan fingerprint density at radius 2 is 0.917 bits per heavy atom. The van der Waals surface area contributed by atoms with Crippen molar-refractivity contribution in [2.24, 2.45) is 0 Å². The van der Waals surface area contributed by atoms with E-state index >= 15 is 0 Å². The number of hydrogen-bond acceptors (Lipinski definition) is 2. The van der Waals surface area contributed by atoms with Gasteiger partial charge in [-0.2, -0.15) is 5.01 Å². The molecule has 1 aromatic heterocycles. The molecule has 0 spiro atoms. The second kappa shape index (κ2) is 8.06. The summed E-state index contributed by atoms with van der Waals surface area (Å²) in [4.78, 5) is 27.6. The van der Waals surface area contributed by atoms with Gasteiger partial charge in [0.25, 0.3) is 11.8 Å². The van der Waals surface area contributed by atoms with E-state index in [0.717, 1.165) is 55.5 Å². The van der Waals surface area contributed by atoms with Crippen LogP contribution in [0.1, 0.15) is 43.0 Å². The molecule has 0 saturated carbocycles. The minimum Gasteiger partial charge on any atom is -0.267 e. The van der Waals surface area contributed by atoms with Crippen molar-refractivity contribution in [3.8, 4) is 22.5 Å². The van der Waals surface area contributed by atoms with Crippen LogP contribution in [0.25, 0.3) is 33.3 Å². The fourth-order valence-electron chi connectivity index (χ4n) is 5.08. The highest BCUT2D eigenvalue weighted by Crippen LogP contribution is 2.42. The summed E-state index contributed by atoms with van der Waals surface area (Å²) in [7, 11) is 0. The van der Waals surface area contributed by atoms with Crippen molar-refractivity contribution in [3.05, 3.63) is 118 Å². The van der Waals surface area contributed by atoms with E-state index in [1.165, 1.54) is 5.01 Å². The normalized spacial score (nSPS) is 13.1. The number of carbonyl (C=O) groups excluding carboxylic acids is 2. The molecule has 4 aromatic carbocycles. The van der Waals surface area contributed by atoms with Gasteiger partial charge in [-0.05, 0) is 63.1 Å². The van der Waals surface area contributed by atoms with Crippen molar-refractivity contribution in [2.45, 2.75) is 27.7 Å². The first-order valence-corrected chi connectivity index (χ1v) is 12.1. The number of nitrogens with zero attached hydrogens (tertiary/aromatic N) is 2. The molecule has 1 aliphatic rings. The molecule has 5 aromatic rings. The molecule has 4 heteroatoms. The van der Waals surface area contributed by atoms with E-state index in [2.05, 4.69) is 88.4 Å². The quantitative estimate of drug-likeness (QED) is 0.263. The molecule has 0 aliphatic carbocycles. The van der Waals surface area contributed by atoms with Crippen molar-refractivity contribution in [2.75, 3.05) is 5.01 Å². The lowest BCUT2D eigenvalue weighted by atomic mass is 9.99. The summed E-state index contributed by atoms with van der Waals surface area (Å²) >= 11 is 0. The summed E-state index contributed by atoms with van der Waals surface area (Å²) in [5, 5.41) is 3.34. The Kier molecular flexibility index (Phi) is 4.94. The van der Waals surface area contributed by atoms with Crippen LogP contribution in [0.4, 0.5) is 0 Å². The van der Waals surface area contributed by atoms with Gasteiger partial charge in [-0.1, -0.05) is 71.8 Å². The van der Waals surface area contributed by atoms with Gasteiger partial charge >= 0.3 is 0 Å². The molecule has 36 heavy (non-hydrogen) atoms. The average Bonchev–Trinajstić information content (AvgIpc) is 3.31. The number of fused-ring (bicyclic) bond motifs is 2. The smallest absolute Gasteiger partial charge is 0.267 e. The van der Waals surface area contributed by atoms with Crippen LogP contribution < -0.4 is 5.01 Å². The number of amides is 2. The van der Waals surface area contributed by atoms with E-state index in [4.69, 9.17) is 0 Å². The minimum absolute atomic E-state index is 0.314. The van der Waals surface area contributed by atoms with E-state index < -0.39 is 0 Å². The molecule has 2 amide bonds. The van der Waals surface area contributed by atoms with Crippen LogP contribution >= 0.6 is 0 Å². The van der Waals surface area contributed by atoms with Crippen LogP contribution in [0, 0.1) is 27.7 Å². The summed E-state index contributed by atoms with van der Waals surface area (Å²) in [6.07, 6.45) is 0. The second-order valence-corrected chi connectivity index (χ2v) is 9.69. The van der Waals surface area contributed by atoms with E-state index in [1.54, 1.807) is 24.3 Å². The molecule has 0 radical (unpaired) electrons. The third-order valence-electron chi connectivity index (χ3n) is 7.19. The van der Waals surface area contributed by atoms with Crippen molar-refractivity contribution >= 4 is 22.6 Å². The van der Waals surface area contributed by atoms with E-state index in [0.29, 0.717) is 11.1 Å². The summed E-state index contributed by atoms with van der Waals surface area (Å²) in [6.45, 7) is 8.30. The van der Waals surface area contributed by atoms with Gasteiger partial charge in [0.2, 0.25) is 0 Å². The standard InChI is InChI=1S/C32H26N2O2/c1-19-9-13-23(14-10-19)29-27-17-21(3)22(4)18-28(27)30(24-15-11-20(2)12-16-24)33(29)34-31(35)25-7-5-6-8-26(25)32(34)36/h5-18H,1-4H3. The Bertz CT molecular complexity index is 1570. The first-order valence-electron chi connectivity index (χ1n) is 12.1. The monoisotopic (exact) mass is 470 g/mol. The van der Waals surface area contributed by atoms with Crippen LogP contribution in [-0.2, 0) is 0 Å². The maximum absolute atomic E-state index is 13.8. The van der Waals surface area contributed by atoms with Gasteiger partial charge in [-0.3, -0.25) is 9.59 Å². The molecule has 1 aliphatic heterocycles. The Hall–Kier alpha value is -4.44. The number of hydrogen-bond donors (Lipinski definition) is 0. The topological polar surface area (TPSA) is 42.3 Å². The van der Waals surface area contributed by atoms with E-state index in [1.807, 2.05) is 4.68 Å². The van der Waals surface area contributed by atoms with Gasteiger partial charge in [0.1, 0.15) is 0 Å². The highest BCUT2D eigenvalue weighted by Gasteiger charge is 2.40. The van der Waals surface area contributed by atoms with Gasteiger partial charge in [0.05, 0.1) is 22.5 Å². The highest BCUT2D eigenvalue weighted by molar-refractivity contribution is 6.31. The summed E-state index contributed by atoms with van der Waals surface area (Å²) in [5.74, 6) is -0.628. The lowest BCUT2D eigenvalue weighted by molar-refractivity contribution is 0.0888. The molecule has 0 bridgehead atoms. The zero-order valence-corrected chi connectivity index (χ0v) is 20.8. The van der Waals surface area contributed by atoms with Crippen molar-refractivity contribution in [1.29, 1.82) is 0 Å². The number of aromatic nitrogens is 1. The Morgan fingerprint density at radius 1 is 0.528 bits per heavy atom. The number of rotatable bonds is 3. The second-order valence-electron chi connectivity index (χ2n) is 9.69. The zero-order valence-electron chi connectivity index (χ0n) is 20.8. The number of aryl methyl sites for hydroxylation is 4. The molecule has 0 saturated heterocycles. The lowest BCUT2D eigenvalue weighted by Crippen LogP contribution is -2.40. The minimum atomic E-state index is -0.314. The molecule has 0 fully saturated rings. The molecule has 0 N–H and O–H groups in total. The van der Waals surface area contributed by atoms with Gasteiger partial charge < -0.3 is 0 Å². The average molecular weight is 471 g/mol. The van der Waals surface area contributed by atoms with Crippen LogP contribution in [0.2, 0.25) is 0 Å². The fraction of sp³-hybridized carbons (Fsp3) is 0.125. The molecule has 0 atom stereocenters. The summed E-state index contributed by atoms with van der Waals surface area (Å²) in [5.41, 5.74) is 9.02. The van der Waals surface area contributed by atoms with E-state index in [9.17, 15) is 9.59 Å². The maximum atomic E-state index is 13.8. The number of benzene rings is 4. The molecule has 176 valence electrons. The first-order chi connectivity index (χ1) is 17.3. The van der Waals surface area contributed by atoms with Crippen molar-refractivity contribution in [3.63, 3.8) is 0 Å². The van der Waals surface area contributed by atoms with Crippen molar-refractivity contribution < 1.29 is 9.59 Å². The fourth-order valence-corrected chi connectivity index (χ4v) is 5.08. The Labute approximate surface area is 210 Å². The third-order valence-corrected chi connectivity index (χ3v) is 7.19. The summed E-state index contributed by atoms with van der Waals surface area (Å²) in [6, 6.07) is 27.9. The third kappa shape index (κ3) is 3.22. The van der Waals surface area contributed by atoms with Crippen LogP contribution in [-0.4, -0.2) is 16.5 Å². The maximum Gasteiger partial charge on any atom is 0.281 e. The Morgan fingerprint density at radius 3 is 1.31 bits per heavy atom. The van der Waals surface area contributed by atoms with Gasteiger partial charge in [0.15, 0.2) is 0 Å². The Balaban J connectivity index is 1.77. The molecule has 4 nitrogen and oxygen atoms in total. The summed E-state index contributed by atoms with van der Waals surface area (Å²) < 4.78 is 1.85. The van der Waals surface area contributed by atoms with Crippen LogP contribution in [0.3, 0.4) is 0 Å². The van der Waals surface area contributed by atoms with Gasteiger partial charge in [-0.15, -0.1) is 0 Å². The predicted octanol–water partition coefficient (Wildman–Crippen LogP) is 7.14. The molecule has 6 rings (SSSR count). The molecular weight excluding hydrogens is 444 g/mol. The van der Waals surface area contributed by atoms with Gasteiger partial charge in [0, 0.05) is 21.9 Å². The largest absolute Gasteiger partial charge is 0.281 e. The van der Waals surface area contributed by atoms with Crippen molar-refractivity contribution in [1.82, 2.24) is 4.68 Å². The highest BCUT2D eigenvalue weighted by atomic mass is 16.2. The van der Waals surface area contributed by atoms with E-state index in [-0.39, 0.29) is 11.8 Å². The van der Waals surface area contributed by atoms with Crippen LogP contribution in [0.5, 0.6) is 0 Å². The lowest BCUT2D eigenvalue weighted by Gasteiger charge is -2.22. The zero-order chi connectivity index (χ0) is 25.1. The predicted molar refractivity (Wildman–Crippen MR) is 145 cm³/mol. The SMILES string of the molecule is Cc1ccc(-c2c3cc(C)c(C)cc3c(-c3ccc(C)cc3)n2N2C(=O)c3ccccc3C2=O)cc1. The van der Waals surface area contributed by atoms with Crippen LogP contribution in [0.15, 0.2) is 84.9 Å². The molecule has 0 unspecified atom stereocenters. The van der Waals surface area contributed by atoms with Gasteiger partial charge in [-0.25, -0.2) is 4.68 Å². The molecular formula is C32H26N2O2. The number of imide groups is 1. The first kappa shape index (κ1) is 22.1.